The lowest BCUT2D eigenvalue weighted by molar-refractivity contribution is 0.433. The van der Waals surface area contributed by atoms with Crippen molar-refractivity contribution in [2.24, 2.45) is 0 Å². The smallest absolute Gasteiger partial charge is 0.271 e. The van der Waals surface area contributed by atoms with Gasteiger partial charge in [-0.3, -0.25) is 0 Å². The van der Waals surface area contributed by atoms with Gasteiger partial charge in [-0.05, 0) is 30.1 Å². The van der Waals surface area contributed by atoms with E-state index in [4.69, 9.17) is 10.3 Å². The Hall–Kier alpha value is -2.28. The summed E-state index contributed by atoms with van der Waals surface area (Å²) in [7, 11) is 0. The lowest BCUT2D eigenvalue weighted by Crippen LogP contribution is -1.90. The first-order valence-electron chi connectivity index (χ1n) is 6.29. The van der Waals surface area contributed by atoms with Gasteiger partial charge in [-0.15, -0.1) is 5.10 Å². The van der Waals surface area contributed by atoms with E-state index in [-0.39, 0.29) is 0 Å². The van der Waals surface area contributed by atoms with Crippen molar-refractivity contribution in [1.29, 1.82) is 0 Å². The first-order chi connectivity index (χ1) is 9.79. The van der Waals surface area contributed by atoms with Crippen molar-refractivity contribution in [2.75, 3.05) is 5.73 Å². The number of hydrogen-bond acceptors (Lipinski definition) is 7. The minimum absolute atomic E-state index is 0.446. The molecule has 0 unspecified atom stereocenters. The van der Waals surface area contributed by atoms with Crippen LogP contribution in [0.2, 0.25) is 0 Å². The van der Waals surface area contributed by atoms with Crippen molar-refractivity contribution in [3.63, 3.8) is 0 Å². The summed E-state index contributed by atoms with van der Waals surface area (Å²) in [6.07, 6.45) is 1.84. The third kappa shape index (κ3) is 2.27. The van der Waals surface area contributed by atoms with E-state index in [1.807, 2.05) is 24.3 Å². The lowest BCUT2D eigenvalue weighted by atomic mass is 10.2. The van der Waals surface area contributed by atoms with E-state index in [0.29, 0.717) is 17.4 Å². The molecule has 0 atom stereocenters. The fraction of sp³-hybridized carbons (Fsp3) is 0.231. The van der Waals surface area contributed by atoms with Gasteiger partial charge in [0.05, 0.1) is 5.69 Å². The summed E-state index contributed by atoms with van der Waals surface area (Å²) in [6, 6.07) is 7.43. The molecule has 6 nitrogen and oxygen atoms in total. The molecule has 20 heavy (non-hydrogen) atoms. The van der Waals surface area contributed by atoms with Gasteiger partial charge in [0.15, 0.2) is 0 Å². The van der Waals surface area contributed by atoms with Crippen LogP contribution in [0.4, 0.5) is 5.69 Å². The van der Waals surface area contributed by atoms with Crippen LogP contribution in [0.1, 0.15) is 19.0 Å². The Morgan fingerprint density at radius 3 is 2.95 bits per heavy atom. The van der Waals surface area contributed by atoms with Gasteiger partial charge in [-0.1, -0.05) is 35.1 Å². The zero-order valence-corrected chi connectivity index (χ0v) is 11.7. The van der Waals surface area contributed by atoms with Gasteiger partial charge in [0.25, 0.3) is 5.89 Å². The third-order valence-electron chi connectivity index (χ3n) is 2.86. The minimum atomic E-state index is 0.446. The summed E-state index contributed by atoms with van der Waals surface area (Å²) in [6.45, 7) is 2.09. The van der Waals surface area contributed by atoms with Crippen molar-refractivity contribution < 1.29 is 4.52 Å². The molecule has 0 saturated carbocycles. The Balaban J connectivity index is 1.98. The molecule has 102 valence electrons. The number of nitrogens with zero attached hydrogens (tertiary/aromatic N) is 4. The Labute approximate surface area is 119 Å². The Morgan fingerprint density at radius 2 is 2.15 bits per heavy atom. The van der Waals surface area contributed by atoms with E-state index >= 15 is 0 Å². The molecule has 0 saturated heterocycles. The summed E-state index contributed by atoms with van der Waals surface area (Å²) in [5.74, 6) is 0.927. The maximum atomic E-state index is 5.91. The second kappa shape index (κ2) is 5.38. The van der Waals surface area contributed by atoms with E-state index in [2.05, 4.69) is 26.7 Å². The zero-order valence-electron chi connectivity index (χ0n) is 10.9. The molecule has 2 aromatic heterocycles. The number of rotatable bonds is 4. The fourth-order valence-corrected chi connectivity index (χ4v) is 2.53. The average molecular weight is 287 g/mol. The number of nitrogens with two attached hydrogens (primary N) is 1. The van der Waals surface area contributed by atoms with Crippen molar-refractivity contribution in [3.8, 4) is 22.2 Å². The highest BCUT2D eigenvalue weighted by molar-refractivity contribution is 7.09. The maximum absolute atomic E-state index is 5.91. The molecule has 0 bridgehead atoms. The van der Waals surface area contributed by atoms with Crippen LogP contribution in [0.15, 0.2) is 28.8 Å². The molecular formula is C13H13N5OS. The van der Waals surface area contributed by atoms with Gasteiger partial charge >= 0.3 is 0 Å². The first kappa shape index (κ1) is 12.7. The van der Waals surface area contributed by atoms with Crippen LogP contribution in [0.3, 0.4) is 0 Å². The molecule has 0 spiro atoms. The van der Waals surface area contributed by atoms with E-state index in [1.165, 1.54) is 11.5 Å². The van der Waals surface area contributed by atoms with Gasteiger partial charge in [0.2, 0.25) is 5.82 Å². The summed E-state index contributed by atoms with van der Waals surface area (Å²) < 4.78 is 9.28. The monoisotopic (exact) mass is 287 g/mol. The molecule has 3 aromatic rings. The summed E-state index contributed by atoms with van der Waals surface area (Å²) in [5, 5.41) is 8.09. The number of nitrogen functional groups attached to an aromatic ring is 1. The van der Waals surface area contributed by atoms with Gasteiger partial charge in [-0.2, -0.15) is 4.98 Å². The highest BCUT2D eigenvalue weighted by Gasteiger charge is 2.18. The summed E-state index contributed by atoms with van der Waals surface area (Å²) >= 11 is 1.27. The lowest BCUT2D eigenvalue weighted by Gasteiger charge is -1.98. The molecule has 2 N–H and O–H groups in total. The zero-order chi connectivity index (χ0) is 13.9. The molecular weight excluding hydrogens is 274 g/mol. The molecule has 7 heteroatoms. The number of anilines is 1. The predicted molar refractivity (Wildman–Crippen MR) is 77.0 cm³/mol. The minimum Gasteiger partial charge on any atom is -0.398 e. The number of aromatic nitrogens is 4. The highest BCUT2D eigenvalue weighted by atomic mass is 32.1. The van der Waals surface area contributed by atoms with E-state index < -0.39 is 0 Å². The third-order valence-corrected chi connectivity index (χ3v) is 3.62. The van der Waals surface area contributed by atoms with Crippen LogP contribution in [0.25, 0.3) is 22.2 Å². The van der Waals surface area contributed by atoms with Crippen molar-refractivity contribution in [3.05, 3.63) is 30.0 Å². The normalized spacial score (nSPS) is 10.8. The van der Waals surface area contributed by atoms with Crippen LogP contribution >= 0.6 is 11.5 Å². The highest BCUT2D eigenvalue weighted by Crippen LogP contribution is 2.29. The molecule has 0 aliphatic carbocycles. The Bertz CT molecular complexity index is 721. The van der Waals surface area contributed by atoms with Gasteiger partial charge < -0.3 is 10.3 Å². The molecule has 0 radical (unpaired) electrons. The molecule has 0 amide bonds. The topological polar surface area (TPSA) is 90.7 Å². The average Bonchev–Trinajstić information content (AvgIpc) is 3.08. The van der Waals surface area contributed by atoms with Crippen LogP contribution in [0.5, 0.6) is 0 Å². The molecule has 3 rings (SSSR count). The standard InChI is InChI=1S/C13H13N5OS/c1-2-5-10-11(20-18-16-10)13-15-12(17-19-13)8-6-3-4-7-9(8)14/h3-4,6-7H,2,5,14H2,1H3. The maximum Gasteiger partial charge on any atom is 0.271 e. The predicted octanol–water partition coefficient (Wildman–Crippen LogP) is 2.79. The number of aryl methyl sites for hydroxylation is 1. The van der Waals surface area contributed by atoms with Crippen LogP contribution in [-0.2, 0) is 6.42 Å². The largest absolute Gasteiger partial charge is 0.398 e. The van der Waals surface area contributed by atoms with Gasteiger partial charge in [-0.25, -0.2) is 0 Å². The summed E-state index contributed by atoms with van der Waals surface area (Å²) in [5.41, 5.74) is 8.19. The quantitative estimate of drug-likeness (QED) is 0.742. The van der Waals surface area contributed by atoms with Gasteiger partial charge in [0, 0.05) is 11.3 Å². The Morgan fingerprint density at radius 1 is 1.30 bits per heavy atom. The molecule has 0 aliphatic rings. The van der Waals surface area contributed by atoms with Crippen LogP contribution in [-0.4, -0.2) is 19.7 Å². The van der Waals surface area contributed by atoms with E-state index in [1.54, 1.807) is 0 Å². The Kier molecular flexibility index (Phi) is 3.42. The fourth-order valence-electron chi connectivity index (χ4n) is 1.90. The molecule has 0 fully saturated rings. The number of benzene rings is 1. The van der Waals surface area contributed by atoms with Crippen LogP contribution in [0, 0.1) is 0 Å². The molecule has 2 heterocycles. The number of hydrogen-bond donors (Lipinski definition) is 1. The van der Waals surface area contributed by atoms with E-state index in [0.717, 1.165) is 29.0 Å². The second-order valence-electron chi connectivity index (χ2n) is 4.31. The van der Waals surface area contributed by atoms with Crippen molar-refractivity contribution >= 4 is 17.2 Å². The first-order valence-corrected chi connectivity index (χ1v) is 7.07. The van der Waals surface area contributed by atoms with E-state index in [9.17, 15) is 0 Å². The summed E-state index contributed by atoms with van der Waals surface area (Å²) in [4.78, 5) is 5.23. The van der Waals surface area contributed by atoms with Gasteiger partial charge in [0.1, 0.15) is 4.88 Å². The SMILES string of the molecule is CCCc1nnsc1-c1nc(-c2ccccc2N)no1. The van der Waals surface area contributed by atoms with Crippen molar-refractivity contribution in [2.45, 2.75) is 19.8 Å². The second-order valence-corrected chi connectivity index (χ2v) is 5.06. The van der Waals surface area contributed by atoms with Crippen molar-refractivity contribution in [1.82, 2.24) is 19.7 Å². The van der Waals surface area contributed by atoms with Crippen LogP contribution < -0.4 is 5.73 Å². The molecule has 1 aromatic carbocycles. The number of para-hydroxylation sites is 1. The molecule has 0 aliphatic heterocycles.